The predicted molar refractivity (Wildman–Crippen MR) is 68.9 cm³/mol. The van der Waals surface area contributed by atoms with E-state index in [4.69, 9.17) is 4.74 Å². The van der Waals surface area contributed by atoms with Gasteiger partial charge in [-0.15, -0.1) is 0 Å². The molecule has 1 amide bonds. The van der Waals surface area contributed by atoms with Gasteiger partial charge in [-0.1, -0.05) is 19.9 Å². The molecule has 0 saturated heterocycles. The Morgan fingerprint density at radius 2 is 2.15 bits per heavy atom. The summed E-state index contributed by atoms with van der Waals surface area (Å²) in [5.41, 5.74) is 0.0488. The van der Waals surface area contributed by atoms with E-state index < -0.39 is 25.0 Å². The smallest absolute Gasteiger partial charge is 0.272 e. The summed E-state index contributed by atoms with van der Waals surface area (Å²) in [6, 6.07) is 4.32. The second-order valence-corrected chi connectivity index (χ2v) is 4.58. The van der Waals surface area contributed by atoms with Crippen LogP contribution >= 0.6 is 0 Å². The average Bonchev–Trinajstić information content (AvgIpc) is 2.42. The van der Waals surface area contributed by atoms with Crippen molar-refractivity contribution in [2.24, 2.45) is 5.92 Å². The van der Waals surface area contributed by atoms with Crippen molar-refractivity contribution >= 4 is 5.91 Å². The van der Waals surface area contributed by atoms with Crippen molar-refractivity contribution in [3.05, 3.63) is 23.9 Å². The molecule has 20 heavy (non-hydrogen) atoms. The second kappa shape index (κ2) is 7.74. The number of aliphatic hydroxyl groups excluding tert-OH is 1. The lowest BCUT2D eigenvalue weighted by Crippen LogP contribution is -2.35. The van der Waals surface area contributed by atoms with E-state index in [9.17, 15) is 18.7 Å². The molecule has 0 bridgehead atoms. The first kappa shape index (κ1) is 16.3. The number of hydrogen-bond donors (Lipinski definition) is 2. The maximum Gasteiger partial charge on any atom is 0.272 e. The van der Waals surface area contributed by atoms with Crippen molar-refractivity contribution in [1.29, 1.82) is 0 Å². The van der Waals surface area contributed by atoms with Gasteiger partial charge in [-0.25, -0.2) is 13.8 Å². The lowest BCUT2D eigenvalue weighted by Gasteiger charge is -2.15. The van der Waals surface area contributed by atoms with Crippen molar-refractivity contribution in [2.45, 2.75) is 26.4 Å². The molecule has 1 aromatic rings. The predicted octanol–water partition coefficient (Wildman–Crippen LogP) is 1.47. The summed E-state index contributed by atoms with van der Waals surface area (Å²) >= 11 is 0. The molecule has 2 N–H and O–H groups in total. The Kier molecular flexibility index (Phi) is 6.30. The third-order valence-corrected chi connectivity index (χ3v) is 2.55. The summed E-state index contributed by atoms with van der Waals surface area (Å²) < 4.78 is 28.7. The Morgan fingerprint density at radius 1 is 1.45 bits per heavy atom. The van der Waals surface area contributed by atoms with E-state index in [0.717, 1.165) is 0 Å². The molecule has 0 aliphatic rings. The number of aromatic nitrogens is 1. The molecular formula is C13H18F2N2O3. The van der Waals surface area contributed by atoms with E-state index >= 15 is 0 Å². The van der Waals surface area contributed by atoms with Crippen LogP contribution in [0.25, 0.3) is 0 Å². The summed E-state index contributed by atoms with van der Waals surface area (Å²) in [6.45, 7) is 2.98. The maximum absolute atomic E-state index is 12.0. The minimum atomic E-state index is -2.60. The highest BCUT2D eigenvalue weighted by molar-refractivity contribution is 5.92. The molecule has 1 unspecified atom stereocenters. The van der Waals surface area contributed by atoms with Crippen LogP contribution in [0.5, 0.6) is 5.88 Å². The van der Waals surface area contributed by atoms with Gasteiger partial charge in [0.1, 0.15) is 5.69 Å². The number of rotatable bonds is 7. The summed E-state index contributed by atoms with van der Waals surface area (Å²) in [5.74, 6) is -0.515. The molecular weight excluding hydrogens is 270 g/mol. The normalized spacial score (nSPS) is 12.6. The first-order chi connectivity index (χ1) is 9.40. The molecule has 1 aromatic heterocycles. The fourth-order valence-corrected chi connectivity index (χ4v) is 1.29. The van der Waals surface area contributed by atoms with E-state index in [1.165, 1.54) is 18.2 Å². The molecule has 1 atom stereocenters. The molecule has 0 aliphatic heterocycles. The molecule has 7 heteroatoms. The number of nitrogens with zero attached hydrogens (tertiary/aromatic N) is 1. The van der Waals surface area contributed by atoms with E-state index in [1.54, 1.807) is 0 Å². The summed E-state index contributed by atoms with van der Waals surface area (Å²) in [4.78, 5) is 15.6. The molecule has 0 fully saturated rings. The van der Waals surface area contributed by atoms with Crippen molar-refractivity contribution < 1.29 is 23.4 Å². The van der Waals surface area contributed by atoms with Gasteiger partial charge >= 0.3 is 0 Å². The van der Waals surface area contributed by atoms with Gasteiger partial charge in [0.05, 0.1) is 6.10 Å². The van der Waals surface area contributed by atoms with Crippen molar-refractivity contribution in [1.82, 2.24) is 10.3 Å². The van der Waals surface area contributed by atoms with Crippen LogP contribution in [0.4, 0.5) is 8.78 Å². The lowest BCUT2D eigenvalue weighted by molar-refractivity contribution is 0.0789. The van der Waals surface area contributed by atoms with Crippen LogP contribution < -0.4 is 10.1 Å². The van der Waals surface area contributed by atoms with E-state index in [2.05, 4.69) is 10.3 Å². The fourth-order valence-electron chi connectivity index (χ4n) is 1.29. The highest BCUT2D eigenvalue weighted by atomic mass is 19.3. The fraction of sp³-hybridized carbons (Fsp3) is 0.538. The number of pyridine rings is 1. The number of amides is 1. The molecule has 1 heterocycles. The topological polar surface area (TPSA) is 71.5 Å². The Bertz CT molecular complexity index is 441. The van der Waals surface area contributed by atoms with Gasteiger partial charge in [0.25, 0.3) is 12.3 Å². The maximum atomic E-state index is 12.0. The van der Waals surface area contributed by atoms with Gasteiger partial charge in [0.2, 0.25) is 5.88 Å². The van der Waals surface area contributed by atoms with Gasteiger partial charge in [-0.05, 0) is 12.0 Å². The largest absolute Gasteiger partial charge is 0.472 e. The van der Waals surface area contributed by atoms with Gasteiger partial charge in [0.15, 0.2) is 6.61 Å². The monoisotopic (exact) mass is 288 g/mol. The Labute approximate surface area is 116 Å². The van der Waals surface area contributed by atoms with Crippen LogP contribution in [0, 0.1) is 5.92 Å². The number of nitrogens with one attached hydrogen (secondary N) is 1. The Hall–Kier alpha value is -1.76. The van der Waals surface area contributed by atoms with Crippen LogP contribution in [0.3, 0.4) is 0 Å². The average molecular weight is 288 g/mol. The Balaban J connectivity index is 2.57. The first-order valence-corrected chi connectivity index (χ1v) is 6.24. The number of hydrogen-bond acceptors (Lipinski definition) is 4. The molecule has 0 radical (unpaired) electrons. The number of alkyl halides is 2. The van der Waals surface area contributed by atoms with Crippen LogP contribution in [0.1, 0.15) is 24.3 Å². The molecule has 0 spiro atoms. The number of aliphatic hydroxyl groups is 1. The Morgan fingerprint density at radius 3 is 2.75 bits per heavy atom. The van der Waals surface area contributed by atoms with Gasteiger partial charge < -0.3 is 15.2 Å². The molecule has 112 valence electrons. The molecule has 0 saturated carbocycles. The third kappa shape index (κ3) is 5.48. The lowest BCUT2D eigenvalue weighted by atomic mass is 10.1. The minimum absolute atomic E-state index is 0.0176. The number of carbonyl (C=O) groups is 1. The quantitative estimate of drug-likeness (QED) is 0.797. The van der Waals surface area contributed by atoms with Gasteiger partial charge in [-0.3, -0.25) is 4.79 Å². The highest BCUT2D eigenvalue weighted by Crippen LogP contribution is 2.09. The van der Waals surface area contributed by atoms with E-state index in [1.807, 2.05) is 13.8 Å². The van der Waals surface area contributed by atoms with Crippen LogP contribution in [-0.4, -0.2) is 41.7 Å². The zero-order valence-electron chi connectivity index (χ0n) is 11.3. The number of halogens is 2. The zero-order chi connectivity index (χ0) is 15.1. The first-order valence-electron chi connectivity index (χ1n) is 6.24. The standard InChI is InChI=1S/C13H18F2N2O3/c1-8(2)10(18)6-16-13(19)9-4-3-5-12(17-9)20-7-11(14)15/h3-5,8,10-11,18H,6-7H2,1-2H3,(H,16,19). The van der Waals surface area contributed by atoms with Gasteiger partial charge in [-0.2, -0.15) is 0 Å². The van der Waals surface area contributed by atoms with E-state index in [-0.39, 0.29) is 24.0 Å². The molecule has 5 nitrogen and oxygen atoms in total. The van der Waals surface area contributed by atoms with Crippen molar-refractivity contribution in [2.75, 3.05) is 13.2 Å². The summed E-state index contributed by atoms with van der Waals surface area (Å²) in [7, 11) is 0. The second-order valence-electron chi connectivity index (χ2n) is 4.58. The molecule has 1 rings (SSSR count). The SMILES string of the molecule is CC(C)C(O)CNC(=O)c1cccc(OCC(F)F)n1. The van der Waals surface area contributed by atoms with Gasteiger partial charge in [0, 0.05) is 12.6 Å². The minimum Gasteiger partial charge on any atom is -0.472 e. The third-order valence-electron chi connectivity index (χ3n) is 2.55. The van der Waals surface area contributed by atoms with Crippen molar-refractivity contribution in [3.8, 4) is 5.88 Å². The molecule has 0 aliphatic carbocycles. The summed E-state index contributed by atoms with van der Waals surface area (Å²) in [5, 5.41) is 12.1. The highest BCUT2D eigenvalue weighted by Gasteiger charge is 2.13. The van der Waals surface area contributed by atoms with Crippen LogP contribution in [0.15, 0.2) is 18.2 Å². The number of ether oxygens (including phenoxy) is 1. The summed E-state index contributed by atoms with van der Waals surface area (Å²) in [6.07, 6.45) is -3.26. The van der Waals surface area contributed by atoms with Crippen LogP contribution in [-0.2, 0) is 0 Å². The van der Waals surface area contributed by atoms with Crippen molar-refractivity contribution in [3.63, 3.8) is 0 Å². The molecule has 0 aromatic carbocycles. The van der Waals surface area contributed by atoms with Crippen LogP contribution in [0.2, 0.25) is 0 Å². The van der Waals surface area contributed by atoms with E-state index in [0.29, 0.717) is 0 Å². The zero-order valence-corrected chi connectivity index (χ0v) is 11.3. The number of carbonyl (C=O) groups excluding carboxylic acids is 1.